The summed E-state index contributed by atoms with van der Waals surface area (Å²) in [4.78, 5) is 40.8. The lowest BCUT2D eigenvalue weighted by Crippen LogP contribution is -2.29. The first-order valence-electron chi connectivity index (χ1n) is 5.75. The quantitative estimate of drug-likeness (QED) is 0.362. The Morgan fingerprint density at radius 3 is 2.22 bits per heavy atom. The Bertz CT molecular complexity index is 521. The van der Waals surface area contributed by atoms with Gasteiger partial charge in [-0.25, -0.2) is 8.62 Å². The molecule has 1 saturated heterocycles. The van der Waals surface area contributed by atoms with Crippen LogP contribution in [-0.2, 0) is 36.3 Å². The third-order valence-corrected chi connectivity index (χ3v) is 6.18. The predicted octanol–water partition coefficient (Wildman–Crippen LogP) is -1.75. The highest BCUT2D eigenvalue weighted by Gasteiger charge is 2.34. The van der Waals surface area contributed by atoms with Gasteiger partial charge in [0, 0.05) is 21.9 Å². The van der Waals surface area contributed by atoms with E-state index in [1.807, 2.05) is 0 Å². The highest BCUT2D eigenvalue weighted by Crippen LogP contribution is 2.61. The van der Waals surface area contributed by atoms with Crippen LogP contribution in [-0.4, -0.2) is 45.3 Å². The van der Waals surface area contributed by atoms with E-state index in [2.05, 4.69) is 13.1 Å². The molecule has 3 radical (unpaired) electrons. The van der Waals surface area contributed by atoms with E-state index in [1.54, 1.807) is 6.92 Å². The van der Waals surface area contributed by atoms with Crippen molar-refractivity contribution in [1.82, 2.24) is 0 Å². The summed E-state index contributed by atoms with van der Waals surface area (Å²) in [5, 5.41) is 0. The van der Waals surface area contributed by atoms with Gasteiger partial charge in [-0.15, -0.1) is 0 Å². The fourth-order valence-corrected chi connectivity index (χ4v) is 4.66. The molecule has 135 valence electrons. The normalized spacial score (nSPS) is 32.3. The molecule has 0 bridgehead atoms. The molecule has 1 aliphatic heterocycles. The van der Waals surface area contributed by atoms with Crippen LogP contribution >= 0.6 is 23.5 Å². The van der Waals surface area contributed by atoms with Gasteiger partial charge in [-0.05, 0) is 6.92 Å². The average Bonchev–Trinajstić information content (AvgIpc) is 2.62. The first-order valence-corrected chi connectivity index (χ1v) is 10.2. The average molecular weight is 394 g/mol. The van der Waals surface area contributed by atoms with E-state index in [9.17, 15) is 28.4 Å². The van der Waals surface area contributed by atoms with Crippen molar-refractivity contribution >= 4 is 31.9 Å². The van der Waals surface area contributed by atoms with Crippen molar-refractivity contribution in [3.05, 3.63) is 0 Å². The smallest absolute Gasteiger partial charge is 0.280 e. The van der Waals surface area contributed by atoms with Crippen LogP contribution in [0.25, 0.3) is 0 Å². The van der Waals surface area contributed by atoms with Crippen molar-refractivity contribution in [3.8, 4) is 0 Å². The first kappa shape index (κ1) is 23.4. The number of phosphoric acid groups is 3. The molecule has 16 heteroatoms. The molecule has 4 unspecified atom stereocenters. The van der Waals surface area contributed by atoms with Gasteiger partial charge in [0.2, 0.25) is 0 Å². The van der Waals surface area contributed by atoms with E-state index < -0.39 is 42.3 Å². The molecule has 6 atom stereocenters. The molecule has 0 aliphatic carbocycles. The van der Waals surface area contributed by atoms with Gasteiger partial charge in [0.25, 0.3) is 23.5 Å². The molecule has 0 spiro atoms. The summed E-state index contributed by atoms with van der Waals surface area (Å²) in [5.74, 6) is 0. The largest absolute Gasteiger partial charge is 0.756 e. The molecule has 0 aromatic heterocycles. The maximum atomic E-state index is 11.3. The Morgan fingerprint density at radius 1 is 1.17 bits per heavy atom. The second-order valence-electron chi connectivity index (χ2n) is 4.32. The molecule has 12 nitrogen and oxygen atoms in total. The lowest BCUT2D eigenvalue weighted by molar-refractivity contribution is -0.250. The number of methoxy groups -OCH3 is 1. The van der Waals surface area contributed by atoms with Crippen molar-refractivity contribution < 1.29 is 55.9 Å². The molecule has 0 aromatic carbocycles. The molecule has 0 saturated carbocycles. The Morgan fingerprint density at radius 2 is 1.74 bits per heavy atom. The Balaban J connectivity index is 0.00000484. The van der Waals surface area contributed by atoms with Gasteiger partial charge in [0.15, 0.2) is 0 Å². The van der Waals surface area contributed by atoms with Gasteiger partial charge in [0.05, 0.1) is 18.8 Å². The fourth-order valence-electron chi connectivity index (χ4n) is 1.77. The molecule has 1 fully saturated rings. The van der Waals surface area contributed by atoms with Crippen molar-refractivity contribution in [2.75, 3.05) is 13.7 Å². The summed E-state index contributed by atoms with van der Waals surface area (Å²) in [5.41, 5.74) is 0. The summed E-state index contributed by atoms with van der Waals surface area (Å²) < 4.78 is 53.8. The highest BCUT2D eigenvalue weighted by atomic mass is 31.3. The molecular formula is C7H14BO12P3-3. The molecule has 1 heterocycles. The summed E-state index contributed by atoms with van der Waals surface area (Å²) in [6.45, 7) is 1.10. The van der Waals surface area contributed by atoms with E-state index in [-0.39, 0.29) is 14.5 Å². The summed E-state index contributed by atoms with van der Waals surface area (Å²) in [6, 6.07) is 0. The zero-order chi connectivity index (χ0) is 17.2. The minimum absolute atomic E-state index is 0. The van der Waals surface area contributed by atoms with Gasteiger partial charge in [-0.3, -0.25) is 13.7 Å². The minimum atomic E-state index is -5.88. The third-order valence-electron chi connectivity index (χ3n) is 2.49. The molecular weight excluding hydrogens is 380 g/mol. The van der Waals surface area contributed by atoms with Crippen molar-refractivity contribution in [2.24, 2.45) is 0 Å². The number of hydrogen-bond donors (Lipinski definition) is 1. The van der Waals surface area contributed by atoms with Crippen LogP contribution in [0.1, 0.15) is 13.3 Å². The standard InChI is InChI=1S/C7H17O12P3.B/c1-5-3-6(15-2)7(17-5)4-16-21(11,12)19-22(13,14)18-20(8,9)10;/h5-7H,3-4H2,1-2H3,(H,11,12)(H,13,14)(H2,8,9,10);/p-3/t5-,6?,7+;/m0./s1. The molecule has 1 aliphatic rings. The second kappa shape index (κ2) is 8.67. The lowest BCUT2D eigenvalue weighted by Gasteiger charge is -2.33. The van der Waals surface area contributed by atoms with Gasteiger partial charge in [-0.2, -0.15) is 0 Å². The van der Waals surface area contributed by atoms with E-state index in [1.165, 1.54) is 7.11 Å². The van der Waals surface area contributed by atoms with Crippen LogP contribution in [0.2, 0.25) is 0 Å². The molecule has 0 amide bonds. The van der Waals surface area contributed by atoms with Gasteiger partial charge in [-0.1, -0.05) is 0 Å². The number of rotatable bonds is 8. The second-order valence-corrected chi connectivity index (χ2v) is 8.61. The van der Waals surface area contributed by atoms with Crippen molar-refractivity contribution in [1.29, 1.82) is 0 Å². The number of phosphoric ester groups is 1. The molecule has 23 heavy (non-hydrogen) atoms. The van der Waals surface area contributed by atoms with Gasteiger partial charge >= 0.3 is 0 Å². The summed E-state index contributed by atoms with van der Waals surface area (Å²) >= 11 is 0. The van der Waals surface area contributed by atoms with Crippen LogP contribution in [0.15, 0.2) is 0 Å². The Kier molecular flexibility index (Phi) is 8.81. The third kappa shape index (κ3) is 8.88. The van der Waals surface area contributed by atoms with Crippen molar-refractivity contribution in [3.63, 3.8) is 0 Å². The SMILES string of the molecule is COC1C[C@H](C)O[C@@H]1COP(=O)([O-])OP(=O)([O-])OP(=O)([O-])O.[B]. The van der Waals surface area contributed by atoms with Gasteiger partial charge in [0.1, 0.15) is 6.10 Å². The van der Waals surface area contributed by atoms with Crippen LogP contribution in [0.5, 0.6) is 0 Å². The Hall–Kier alpha value is 0.395. The van der Waals surface area contributed by atoms with E-state index in [0.29, 0.717) is 6.42 Å². The molecule has 0 aromatic rings. The van der Waals surface area contributed by atoms with E-state index in [0.717, 1.165) is 0 Å². The zero-order valence-electron chi connectivity index (χ0n) is 12.0. The van der Waals surface area contributed by atoms with Crippen LogP contribution in [0.4, 0.5) is 0 Å². The van der Waals surface area contributed by atoms with Crippen molar-refractivity contribution in [2.45, 2.75) is 31.7 Å². The summed E-state index contributed by atoms with van der Waals surface area (Å²) in [6.07, 6.45) is -1.01. The van der Waals surface area contributed by atoms with Crippen LogP contribution in [0.3, 0.4) is 0 Å². The highest BCUT2D eigenvalue weighted by molar-refractivity contribution is 7.65. The topological polar surface area (TPSA) is 187 Å². The maximum absolute atomic E-state index is 11.3. The van der Waals surface area contributed by atoms with Gasteiger partial charge < -0.3 is 33.6 Å². The minimum Gasteiger partial charge on any atom is -0.756 e. The predicted molar refractivity (Wildman–Crippen MR) is 68.7 cm³/mol. The number of ether oxygens (including phenoxy) is 2. The van der Waals surface area contributed by atoms with E-state index >= 15 is 0 Å². The summed E-state index contributed by atoms with van der Waals surface area (Å²) in [7, 11) is -15.7. The van der Waals surface area contributed by atoms with Crippen LogP contribution < -0.4 is 14.7 Å². The fraction of sp³-hybridized carbons (Fsp3) is 1.00. The van der Waals surface area contributed by atoms with E-state index in [4.69, 9.17) is 14.4 Å². The zero-order valence-corrected chi connectivity index (χ0v) is 14.7. The monoisotopic (exact) mass is 394 g/mol. The van der Waals surface area contributed by atoms with Crippen LogP contribution in [0, 0.1) is 0 Å². The first-order chi connectivity index (χ1) is 9.84. The molecule has 1 rings (SSSR count). The number of hydrogen-bond acceptors (Lipinski definition) is 11. The lowest BCUT2D eigenvalue weighted by atomic mass is 10.1. The molecule has 1 N–H and O–H groups in total. The Labute approximate surface area is 134 Å². The maximum Gasteiger partial charge on any atom is 0.280 e.